The lowest BCUT2D eigenvalue weighted by molar-refractivity contribution is 0.0953. The van der Waals surface area contributed by atoms with Crippen molar-refractivity contribution in [2.45, 2.75) is 30.8 Å². The Balaban J connectivity index is 2.28. The molecule has 0 aliphatic heterocycles. The van der Waals surface area contributed by atoms with Crippen LogP contribution in [-0.4, -0.2) is 23.4 Å². The van der Waals surface area contributed by atoms with Crippen molar-refractivity contribution in [2.24, 2.45) is 5.73 Å². The van der Waals surface area contributed by atoms with Gasteiger partial charge in [-0.2, -0.15) is 0 Å². The maximum Gasteiger partial charge on any atom is 0.102 e. The maximum absolute atomic E-state index is 9.60. The molecule has 1 aliphatic carbocycles. The molecule has 1 aromatic rings. The number of aliphatic hydroxyl groups is 2. The zero-order chi connectivity index (χ0) is 11.6. The third kappa shape index (κ3) is 1.86. The Morgan fingerprint density at radius 3 is 2.62 bits per heavy atom. The molecule has 0 bridgehead atoms. The minimum Gasteiger partial charge on any atom is -0.393 e. The van der Waals surface area contributed by atoms with Gasteiger partial charge in [0.15, 0.2) is 0 Å². The molecule has 1 aliphatic rings. The molecule has 1 aromatic carbocycles. The van der Waals surface area contributed by atoms with Crippen LogP contribution in [0.15, 0.2) is 24.3 Å². The van der Waals surface area contributed by atoms with E-state index in [1.807, 2.05) is 18.2 Å². The molecule has 1 unspecified atom stereocenters. The predicted molar refractivity (Wildman–Crippen MR) is 63.1 cm³/mol. The Labute approximate surface area is 95.9 Å². The molecular weight excluding hydrogens is 202 g/mol. The molecule has 3 nitrogen and oxygen atoms in total. The first-order chi connectivity index (χ1) is 7.72. The molecule has 1 fully saturated rings. The standard InChI is InChI=1S/C13H19NO2/c14-9-13(5-2-6-13)11-4-1-3-10(7-11)12(16)8-15/h1,3-4,7,12,15-16H,2,5-6,8-9,14H2. The second-order valence-corrected chi connectivity index (χ2v) is 4.66. The lowest BCUT2D eigenvalue weighted by Gasteiger charge is -2.41. The highest BCUT2D eigenvalue weighted by Crippen LogP contribution is 2.43. The molecule has 0 spiro atoms. The van der Waals surface area contributed by atoms with Gasteiger partial charge in [-0.15, -0.1) is 0 Å². The van der Waals surface area contributed by atoms with Gasteiger partial charge in [-0.1, -0.05) is 30.7 Å². The van der Waals surface area contributed by atoms with Gasteiger partial charge in [0.2, 0.25) is 0 Å². The molecule has 88 valence electrons. The third-order valence-corrected chi connectivity index (χ3v) is 3.76. The third-order valence-electron chi connectivity index (χ3n) is 3.76. The summed E-state index contributed by atoms with van der Waals surface area (Å²) >= 11 is 0. The van der Waals surface area contributed by atoms with Gasteiger partial charge >= 0.3 is 0 Å². The SMILES string of the molecule is NCC1(c2cccc(C(O)CO)c2)CCC1. The summed E-state index contributed by atoms with van der Waals surface area (Å²) in [4.78, 5) is 0. The number of rotatable bonds is 4. The van der Waals surface area contributed by atoms with Crippen LogP contribution in [0.5, 0.6) is 0 Å². The first-order valence-electron chi connectivity index (χ1n) is 5.81. The van der Waals surface area contributed by atoms with E-state index in [0.29, 0.717) is 6.54 Å². The van der Waals surface area contributed by atoms with Crippen LogP contribution >= 0.6 is 0 Å². The van der Waals surface area contributed by atoms with E-state index < -0.39 is 6.10 Å². The van der Waals surface area contributed by atoms with Crippen molar-refractivity contribution in [1.29, 1.82) is 0 Å². The molecule has 16 heavy (non-hydrogen) atoms. The summed E-state index contributed by atoms with van der Waals surface area (Å²) < 4.78 is 0. The topological polar surface area (TPSA) is 66.5 Å². The Kier molecular flexibility index (Phi) is 3.28. The van der Waals surface area contributed by atoms with Crippen LogP contribution in [0.2, 0.25) is 0 Å². The summed E-state index contributed by atoms with van der Waals surface area (Å²) in [6.07, 6.45) is 2.70. The average Bonchev–Trinajstić information content (AvgIpc) is 2.28. The minimum atomic E-state index is -0.783. The molecule has 1 saturated carbocycles. The van der Waals surface area contributed by atoms with Crippen molar-refractivity contribution in [3.05, 3.63) is 35.4 Å². The van der Waals surface area contributed by atoms with Crippen molar-refractivity contribution >= 4 is 0 Å². The van der Waals surface area contributed by atoms with Crippen LogP contribution < -0.4 is 5.73 Å². The lowest BCUT2D eigenvalue weighted by Crippen LogP contribution is -2.41. The van der Waals surface area contributed by atoms with Gasteiger partial charge < -0.3 is 15.9 Å². The van der Waals surface area contributed by atoms with E-state index in [9.17, 15) is 5.11 Å². The predicted octanol–water partition coefficient (Wildman–Crippen LogP) is 1.09. The summed E-state index contributed by atoms with van der Waals surface area (Å²) in [5.74, 6) is 0. The molecule has 0 radical (unpaired) electrons. The highest BCUT2D eigenvalue weighted by atomic mass is 16.3. The number of aliphatic hydroxyl groups excluding tert-OH is 2. The monoisotopic (exact) mass is 221 g/mol. The fraction of sp³-hybridized carbons (Fsp3) is 0.538. The van der Waals surface area contributed by atoms with Gasteiger partial charge in [0.05, 0.1) is 6.61 Å². The Morgan fingerprint density at radius 2 is 2.12 bits per heavy atom. The van der Waals surface area contributed by atoms with Crippen LogP contribution in [0, 0.1) is 0 Å². The van der Waals surface area contributed by atoms with Crippen molar-refractivity contribution in [3.63, 3.8) is 0 Å². The van der Waals surface area contributed by atoms with Crippen LogP contribution in [0.4, 0.5) is 0 Å². The zero-order valence-corrected chi connectivity index (χ0v) is 9.39. The van der Waals surface area contributed by atoms with Crippen molar-refractivity contribution in [2.75, 3.05) is 13.2 Å². The van der Waals surface area contributed by atoms with E-state index in [1.165, 1.54) is 12.0 Å². The number of hydrogen-bond acceptors (Lipinski definition) is 3. The number of hydrogen-bond donors (Lipinski definition) is 3. The Bertz CT molecular complexity index is 355. The van der Waals surface area contributed by atoms with Crippen molar-refractivity contribution < 1.29 is 10.2 Å². The molecular formula is C13H19NO2. The van der Waals surface area contributed by atoms with Gasteiger partial charge in [-0.25, -0.2) is 0 Å². The summed E-state index contributed by atoms with van der Waals surface area (Å²) in [5, 5.41) is 18.5. The molecule has 0 heterocycles. The lowest BCUT2D eigenvalue weighted by atomic mass is 9.64. The van der Waals surface area contributed by atoms with E-state index >= 15 is 0 Å². The van der Waals surface area contributed by atoms with Gasteiger partial charge in [-0.05, 0) is 24.0 Å². The zero-order valence-electron chi connectivity index (χ0n) is 9.39. The Morgan fingerprint density at radius 1 is 1.38 bits per heavy atom. The quantitative estimate of drug-likeness (QED) is 0.713. The first kappa shape index (κ1) is 11.6. The van der Waals surface area contributed by atoms with E-state index in [4.69, 9.17) is 10.8 Å². The van der Waals surface area contributed by atoms with E-state index in [-0.39, 0.29) is 12.0 Å². The van der Waals surface area contributed by atoms with Crippen molar-refractivity contribution in [3.8, 4) is 0 Å². The van der Waals surface area contributed by atoms with E-state index in [1.54, 1.807) is 0 Å². The second kappa shape index (κ2) is 4.53. The summed E-state index contributed by atoms with van der Waals surface area (Å²) in [5.41, 5.74) is 7.94. The summed E-state index contributed by atoms with van der Waals surface area (Å²) in [6, 6.07) is 7.82. The summed E-state index contributed by atoms with van der Waals surface area (Å²) in [7, 11) is 0. The highest BCUT2D eigenvalue weighted by Gasteiger charge is 2.37. The van der Waals surface area contributed by atoms with Crippen LogP contribution in [0.3, 0.4) is 0 Å². The molecule has 0 saturated heterocycles. The molecule has 4 N–H and O–H groups in total. The molecule has 1 atom stereocenters. The normalized spacial score (nSPS) is 20.2. The van der Waals surface area contributed by atoms with E-state index in [0.717, 1.165) is 18.4 Å². The minimum absolute atomic E-state index is 0.116. The largest absolute Gasteiger partial charge is 0.393 e. The molecule has 2 rings (SSSR count). The van der Waals surface area contributed by atoms with Crippen LogP contribution in [0.1, 0.15) is 36.5 Å². The van der Waals surface area contributed by atoms with Crippen LogP contribution in [0.25, 0.3) is 0 Å². The van der Waals surface area contributed by atoms with Crippen molar-refractivity contribution in [1.82, 2.24) is 0 Å². The highest BCUT2D eigenvalue weighted by molar-refractivity contribution is 5.33. The number of benzene rings is 1. The fourth-order valence-electron chi connectivity index (χ4n) is 2.40. The molecule has 0 aromatic heterocycles. The average molecular weight is 221 g/mol. The Hall–Kier alpha value is -0.900. The van der Waals surface area contributed by atoms with E-state index in [2.05, 4.69) is 6.07 Å². The van der Waals surface area contributed by atoms with Gasteiger partial charge in [0.1, 0.15) is 6.10 Å². The number of nitrogens with two attached hydrogens (primary N) is 1. The van der Waals surface area contributed by atoms with Gasteiger partial charge in [-0.3, -0.25) is 0 Å². The summed E-state index contributed by atoms with van der Waals surface area (Å²) in [6.45, 7) is 0.421. The maximum atomic E-state index is 9.60. The molecule has 3 heteroatoms. The first-order valence-corrected chi connectivity index (χ1v) is 5.81. The van der Waals surface area contributed by atoms with Gasteiger partial charge in [0.25, 0.3) is 0 Å². The smallest absolute Gasteiger partial charge is 0.102 e. The molecule has 0 amide bonds. The van der Waals surface area contributed by atoms with Crippen LogP contribution in [-0.2, 0) is 5.41 Å². The second-order valence-electron chi connectivity index (χ2n) is 4.66. The fourth-order valence-corrected chi connectivity index (χ4v) is 2.40. The van der Waals surface area contributed by atoms with Gasteiger partial charge in [0, 0.05) is 12.0 Å².